The first-order valence-corrected chi connectivity index (χ1v) is 11.8. The fourth-order valence-corrected chi connectivity index (χ4v) is 3.78. The van der Waals surface area contributed by atoms with Gasteiger partial charge in [0.1, 0.15) is 11.5 Å². The van der Waals surface area contributed by atoms with Crippen molar-refractivity contribution in [3.05, 3.63) is 58.7 Å². The van der Waals surface area contributed by atoms with E-state index >= 15 is 0 Å². The quantitative estimate of drug-likeness (QED) is 0.677. The fraction of sp³-hybridized carbons (Fsp3) is 0.368. The number of rotatable bonds is 6. The molecular weight excluding hydrogens is 388 g/mol. The Hall–Kier alpha value is -2.06. The highest BCUT2D eigenvalue weighted by Gasteiger charge is 2.25. The van der Waals surface area contributed by atoms with Gasteiger partial charge in [0.05, 0.1) is 12.5 Å². The van der Waals surface area contributed by atoms with E-state index in [1.165, 1.54) is 0 Å². The van der Waals surface area contributed by atoms with Crippen LogP contribution in [0.25, 0.3) is 0 Å². The van der Waals surface area contributed by atoms with Crippen LogP contribution in [0.15, 0.2) is 36.4 Å². The molecule has 0 aliphatic heterocycles. The third-order valence-electron chi connectivity index (χ3n) is 4.28. The van der Waals surface area contributed by atoms with Gasteiger partial charge in [-0.25, -0.2) is 0 Å². The molecule has 27 heavy (non-hydrogen) atoms. The van der Waals surface area contributed by atoms with Crippen LogP contribution in [0.3, 0.4) is 0 Å². The molecule has 0 atom stereocenters. The summed E-state index contributed by atoms with van der Waals surface area (Å²) in [5.74, 6) is 0.593. The van der Waals surface area contributed by atoms with E-state index in [1.54, 1.807) is 26.0 Å². The number of aryl methyl sites for hydroxylation is 2. The van der Waals surface area contributed by atoms with Crippen LogP contribution in [0.1, 0.15) is 36.1 Å². The molecule has 0 aliphatic rings. The molecule has 0 aromatic heterocycles. The van der Waals surface area contributed by atoms with Crippen LogP contribution in [0.5, 0.6) is 11.5 Å². The first kappa shape index (κ1) is 21.2. The van der Waals surface area contributed by atoms with Gasteiger partial charge < -0.3 is 8.37 Å². The van der Waals surface area contributed by atoms with Gasteiger partial charge in [0.15, 0.2) is 0 Å². The highest BCUT2D eigenvalue weighted by atomic mass is 32.2. The molecule has 2 aromatic carbocycles. The van der Waals surface area contributed by atoms with Crippen molar-refractivity contribution in [2.24, 2.45) is 0 Å². The molecule has 0 spiro atoms. The molecule has 0 amide bonds. The fourth-order valence-electron chi connectivity index (χ4n) is 2.76. The average molecular weight is 413 g/mol. The molecule has 0 bridgehead atoms. The number of hydrogen-bond acceptors (Lipinski definition) is 6. The van der Waals surface area contributed by atoms with E-state index in [2.05, 4.69) is 0 Å². The average Bonchev–Trinajstić information content (AvgIpc) is 2.48. The zero-order valence-corrected chi connectivity index (χ0v) is 17.9. The van der Waals surface area contributed by atoms with Crippen LogP contribution in [-0.2, 0) is 25.7 Å². The Balaban J connectivity index is 2.41. The molecular formula is C19H24O6S2. The maximum Gasteiger partial charge on any atom is 0.306 e. The largest absolute Gasteiger partial charge is 0.382 e. The lowest BCUT2D eigenvalue weighted by Crippen LogP contribution is -2.19. The van der Waals surface area contributed by atoms with Crippen molar-refractivity contribution in [3.8, 4) is 11.5 Å². The summed E-state index contributed by atoms with van der Waals surface area (Å²) in [4.78, 5) is 0. The monoisotopic (exact) mass is 412 g/mol. The summed E-state index contributed by atoms with van der Waals surface area (Å²) in [5, 5.41) is 0. The predicted molar refractivity (Wildman–Crippen MR) is 105 cm³/mol. The molecule has 0 fully saturated rings. The van der Waals surface area contributed by atoms with Gasteiger partial charge in [0.25, 0.3) is 0 Å². The predicted octanol–water partition coefficient (Wildman–Crippen LogP) is 3.31. The lowest BCUT2D eigenvalue weighted by molar-refractivity contribution is 0.489. The first-order chi connectivity index (χ1) is 12.2. The summed E-state index contributed by atoms with van der Waals surface area (Å²) < 4.78 is 55.4. The lowest BCUT2D eigenvalue weighted by atomic mass is 9.77. The molecule has 0 N–H and O–H groups in total. The van der Waals surface area contributed by atoms with E-state index < -0.39 is 25.7 Å². The van der Waals surface area contributed by atoms with E-state index in [0.29, 0.717) is 22.6 Å². The van der Waals surface area contributed by atoms with Crippen molar-refractivity contribution in [1.29, 1.82) is 0 Å². The first-order valence-electron chi connectivity index (χ1n) is 8.20. The van der Waals surface area contributed by atoms with Crippen LogP contribution in [-0.4, -0.2) is 29.3 Å². The maximum atomic E-state index is 11.3. The minimum absolute atomic E-state index is 0.296. The van der Waals surface area contributed by atoms with Crippen LogP contribution in [0.2, 0.25) is 0 Å². The Kier molecular flexibility index (Phi) is 5.64. The molecule has 0 unspecified atom stereocenters. The van der Waals surface area contributed by atoms with Crippen LogP contribution in [0, 0.1) is 13.8 Å². The summed E-state index contributed by atoms with van der Waals surface area (Å²) in [7, 11) is -7.18. The summed E-state index contributed by atoms with van der Waals surface area (Å²) in [6.07, 6.45) is 2.01. The molecule has 8 heteroatoms. The smallest absolute Gasteiger partial charge is 0.306 e. The molecule has 0 radical (unpaired) electrons. The second-order valence-corrected chi connectivity index (χ2v) is 10.3. The highest BCUT2D eigenvalue weighted by Crippen LogP contribution is 2.36. The highest BCUT2D eigenvalue weighted by molar-refractivity contribution is 7.86. The van der Waals surface area contributed by atoms with E-state index in [-0.39, 0.29) is 0 Å². The van der Waals surface area contributed by atoms with E-state index in [1.807, 2.05) is 38.1 Å². The Morgan fingerprint density at radius 3 is 1.30 bits per heavy atom. The molecule has 6 nitrogen and oxygen atoms in total. The molecule has 0 aliphatic carbocycles. The Morgan fingerprint density at radius 2 is 1.04 bits per heavy atom. The lowest BCUT2D eigenvalue weighted by Gasteiger charge is -2.27. The van der Waals surface area contributed by atoms with Gasteiger partial charge in [-0.1, -0.05) is 38.1 Å². The zero-order chi connectivity index (χ0) is 20.6. The van der Waals surface area contributed by atoms with Gasteiger partial charge in [0.2, 0.25) is 0 Å². The van der Waals surface area contributed by atoms with Crippen molar-refractivity contribution in [2.75, 3.05) is 12.5 Å². The maximum absolute atomic E-state index is 11.3. The van der Waals surface area contributed by atoms with E-state index in [4.69, 9.17) is 8.37 Å². The summed E-state index contributed by atoms with van der Waals surface area (Å²) >= 11 is 0. The molecule has 148 valence electrons. The van der Waals surface area contributed by atoms with Gasteiger partial charge in [-0.2, -0.15) is 16.8 Å². The normalized spacial score (nSPS) is 12.7. The Labute approximate surface area is 161 Å². The second kappa shape index (κ2) is 7.16. The Bertz CT molecular complexity index is 982. The van der Waals surface area contributed by atoms with Gasteiger partial charge in [-0.15, -0.1) is 0 Å². The molecule has 2 aromatic rings. The van der Waals surface area contributed by atoms with E-state index in [0.717, 1.165) is 23.6 Å². The summed E-state index contributed by atoms with van der Waals surface area (Å²) in [6.45, 7) is 7.64. The van der Waals surface area contributed by atoms with Crippen LogP contribution < -0.4 is 8.37 Å². The number of hydrogen-bond donors (Lipinski definition) is 0. The van der Waals surface area contributed by atoms with Crippen molar-refractivity contribution < 1.29 is 25.2 Å². The van der Waals surface area contributed by atoms with Crippen molar-refractivity contribution in [2.45, 2.75) is 33.1 Å². The third kappa shape index (κ3) is 5.46. The van der Waals surface area contributed by atoms with Crippen molar-refractivity contribution >= 4 is 20.2 Å². The standard InChI is InChI=1S/C19H24O6S2/c1-13-11-15(7-9-17(13)24-26(5,20)21)19(3,4)16-8-10-18(14(2)12-16)25-27(6,22)23/h7-12H,1-6H3. The Morgan fingerprint density at radius 1 is 0.704 bits per heavy atom. The zero-order valence-electron chi connectivity index (χ0n) is 16.2. The number of benzene rings is 2. The van der Waals surface area contributed by atoms with Crippen LogP contribution in [0.4, 0.5) is 0 Å². The third-order valence-corrected chi connectivity index (χ3v) is 5.24. The summed E-state index contributed by atoms with van der Waals surface area (Å²) in [5.41, 5.74) is 2.96. The van der Waals surface area contributed by atoms with Crippen molar-refractivity contribution in [3.63, 3.8) is 0 Å². The minimum atomic E-state index is -3.59. The topological polar surface area (TPSA) is 86.7 Å². The van der Waals surface area contributed by atoms with Crippen molar-refractivity contribution in [1.82, 2.24) is 0 Å². The van der Waals surface area contributed by atoms with Crippen LogP contribution >= 0.6 is 0 Å². The van der Waals surface area contributed by atoms with E-state index in [9.17, 15) is 16.8 Å². The summed E-state index contributed by atoms with van der Waals surface area (Å²) in [6, 6.07) is 10.7. The SMILES string of the molecule is Cc1cc(C(C)(C)c2ccc(OS(C)(=O)=O)c(C)c2)ccc1OS(C)(=O)=O. The minimum Gasteiger partial charge on any atom is -0.382 e. The van der Waals surface area contributed by atoms with Gasteiger partial charge in [-0.05, 0) is 48.2 Å². The second-order valence-electron chi connectivity index (χ2n) is 7.16. The molecule has 2 rings (SSSR count). The van der Waals surface area contributed by atoms with Gasteiger partial charge >= 0.3 is 20.2 Å². The van der Waals surface area contributed by atoms with Gasteiger partial charge in [0, 0.05) is 5.41 Å². The molecule has 0 heterocycles. The molecule has 0 saturated heterocycles. The van der Waals surface area contributed by atoms with Gasteiger partial charge in [-0.3, -0.25) is 0 Å². The molecule has 0 saturated carbocycles.